The van der Waals surface area contributed by atoms with Crippen LogP contribution in [-0.4, -0.2) is 32.0 Å². The second-order valence-electron chi connectivity index (χ2n) is 10.7. The van der Waals surface area contributed by atoms with Gasteiger partial charge in [-0.15, -0.1) is 22.7 Å². The number of thiophene rings is 2. The standard InChI is InChI=1S/C18H12ClN3O2S.C18H13N3O3S/c19-17-12-5-6-14(18(23)21-9-11-3-1-7-24-11)22-16(12)13(10-20-17)15-4-2-8-25-15;22-18(19-9-13-3-1-7-24-13)15-6-5-12-10-21(23)11-14(17(12)20-15)16-4-2-8-25-16/h1-8,10H,9H2,(H,21,23);1-8,10-11H,9H2,(H-,19,22,23)/p+1. The molecule has 248 valence electrons. The lowest BCUT2D eigenvalue weighted by molar-refractivity contribution is -0.903. The van der Waals surface area contributed by atoms with Gasteiger partial charge in [-0.3, -0.25) is 14.8 Å². The van der Waals surface area contributed by atoms with Gasteiger partial charge < -0.3 is 19.5 Å². The van der Waals surface area contributed by atoms with E-state index < -0.39 is 0 Å². The summed E-state index contributed by atoms with van der Waals surface area (Å²) in [6.45, 7) is 0.606. The summed E-state index contributed by atoms with van der Waals surface area (Å²) < 4.78 is 11.4. The van der Waals surface area contributed by atoms with E-state index in [1.54, 1.807) is 102 Å². The van der Waals surface area contributed by atoms with Gasteiger partial charge in [-0.1, -0.05) is 23.7 Å². The summed E-state index contributed by atoms with van der Waals surface area (Å²) in [7, 11) is 0. The summed E-state index contributed by atoms with van der Waals surface area (Å²) in [5.41, 5.74) is 3.59. The van der Waals surface area contributed by atoms with Crippen LogP contribution in [0.5, 0.6) is 0 Å². The lowest BCUT2D eigenvalue weighted by Gasteiger charge is -2.08. The van der Waals surface area contributed by atoms with E-state index in [9.17, 15) is 14.8 Å². The molecule has 0 radical (unpaired) electrons. The van der Waals surface area contributed by atoms with E-state index >= 15 is 0 Å². The van der Waals surface area contributed by atoms with E-state index in [1.165, 1.54) is 0 Å². The summed E-state index contributed by atoms with van der Waals surface area (Å²) in [6.07, 6.45) is 7.97. The minimum absolute atomic E-state index is 0.275. The number of hydrogen-bond acceptors (Lipinski definition) is 10. The van der Waals surface area contributed by atoms with Crippen LogP contribution >= 0.6 is 34.3 Å². The first-order valence-electron chi connectivity index (χ1n) is 15.1. The number of nitrogens with zero attached hydrogens (tertiary/aromatic N) is 4. The van der Waals surface area contributed by atoms with Crippen molar-refractivity contribution in [2.75, 3.05) is 0 Å². The number of nitrogens with one attached hydrogen (secondary N) is 2. The van der Waals surface area contributed by atoms with Crippen molar-refractivity contribution in [2.45, 2.75) is 13.1 Å². The SMILES string of the molecule is O=C(NCc1ccco1)c1ccc2c(Cl)ncc(-c3cccs3)c2n1.O=C(NCc1ccco1)c1ccc2c[n+](O)cc(-c3cccs3)c2n1. The maximum atomic E-state index is 12.4. The van der Waals surface area contributed by atoms with Gasteiger partial charge in [-0.25, -0.2) is 15.0 Å². The van der Waals surface area contributed by atoms with E-state index in [-0.39, 0.29) is 11.8 Å². The maximum absolute atomic E-state index is 12.4. The van der Waals surface area contributed by atoms with Crippen molar-refractivity contribution < 1.29 is 28.4 Å². The van der Waals surface area contributed by atoms with Crippen LogP contribution in [0.25, 0.3) is 42.7 Å². The van der Waals surface area contributed by atoms with E-state index in [1.807, 2.05) is 35.0 Å². The van der Waals surface area contributed by atoms with Crippen molar-refractivity contribution in [3.8, 4) is 20.9 Å². The Morgan fingerprint density at radius 1 is 0.740 bits per heavy atom. The minimum atomic E-state index is -0.281. The molecule has 0 aliphatic rings. The number of hydrogen-bond donors (Lipinski definition) is 3. The highest BCUT2D eigenvalue weighted by atomic mass is 35.5. The fraction of sp³-hybridized carbons (Fsp3) is 0.0556. The molecule has 11 nitrogen and oxygen atoms in total. The molecule has 50 heavy (non-hydrogen) atoms. The van der Waals surface area contributed by atoms with Crippen LogP contribution in [0.3, 0.4) is 0 Å². The highest BCUT2D eigenvalue weighted by Crippen LogP contribution is 2.33. The number of furan rings is 2. The Hall–Kier alpha value is -5.89. The molecule has 0 aliphatic carbocycles. The van der Waals surface area contributed by atoms with Gasteiger partial charge >= 0.3 is 0 Å². The molecule has 2 amide bonds. The van der Waals surface area contributed by atoms with Gasteiger partial charge in [-0.05, 0) is 71.4 Å². The number of halogens is 1. The number of carbonyl (C=O) groups excluding carboxylic acids is 2. The first-order valence-corrected chi connectivity index (χ1v) is 17.3. The van der Waals surface area contributed by atoms with Crippen molar-refractivity contribution in [1.29, 1.82) is 0 Å². The Balaban J connectivity index is 0.000000157. The highest BCUT2D eigenvalue weighted by molar-refractivity contribution is 7.14. The summed E-state index contributed by atoms with van der Waals surface area (Å²) in [5.74, 6) is 0.801. The number of aromatic nitrogens is 4. The Labute approximate surface area is 297 Å². The highest BCUT2D eigenvalue weighted by Gasteiger charge is 2.18. The fourth-order valence-corrected chi connectivity index (χ4v) is 6.74. The average molecular weight is 722 g/mol. The molecule has 0 spiro atoms. The molecule has 0 bridgehead atoms. The monoisotopic (exact) mass is 721 g/mol. The lowest BCUT2D eigenvalue weighted by Crippen LogP contribution is -2.29. The zero-order chi connectivity index (χ0) is 34.5. The number of rotatable bonds is 8. The second-order valence-corrected chi connectivity index (χ2v) is 13.0. The Morgan fingerprint density at radius 2 is 1.34 bits per heavy atom. The molecule has 0 aromatic carbocycles. The molecule has 8 rings (SSSR count). The molecule has 0 atom stereocenters. The Kier molecular flexibility index (Phi) is 9.60. The zero-order valence-corrected chi connectivity index (χ0v) is 28.3. The van der Waals surface area contributed by atoms with Gasteiger partial charge in [0.05, 0.1) is 47.6 Å². The lowest BCUT2D eigenvalue weighted by atomic mass is 10.1. The first-order chi connectivity index (χ1) is 24.4. The molecule has 8 aromatic rings. The molecule has 3 N–H and O–H groups in total. The number of fused-ring (bicyclic) bond motifs is 2. The van der Waals surface area contributed by atoms with Crippen LogP contribution in [0.2, 0.25) is 5.15 Å². The second kappa shape index (κ2) is 14.7. The van der Waals surface area contributed by atoms with Crippen molar-refractivity contribution in [2.24, 2.45) is 0 Å². The van der Waals surface area contributed by atoms with Gasteiger partial charge in [0.25, 0.3) is 11.8 Å². The summed E-state index contributed by atoms with van der Waals surface area (Å²) in [6, 6.07) is 21.8. The quantitative estimate of drug-likeness (QED) is 0.0828. The molecule has 8 heterocycles. The minimum Gasteiger partial charge on any atom is -0.467 e. The zero-order valence-electron chi connectivity index (χ0n) is 25.9. The van der Waals surface area contributed by atoms with Crippen molar-refractivity contribution >= 4 is 67.9 Å². The molecule has 0 fully saturated rings. The van der Waals surface area contributed by atoms with Crippen molar-refractivity contribution in [3.05, 3.63) is 143 Å². The van der Waals surface area contributed by atoms with Crippen LogP contribution in [0, 0.1) is 0 Å². The topological polar surface area (TPSA) is 147 Å². The third-order valence-corrected chi connectivity index (χ3v) is 9.55. The van der Waals surface area contributed by atoms with Gasteiger partial charge in [0.1, 0.15) is 28.1 Å². The Morgan fingerprint density at radius 3 is 1.92 bits per heavy atom. The first kappa shape index (κ1) is 32.6. The molecule has 14 heteroatoms. The van der Waals surface area contributed by atoms with Crippen LogP contribution in [0.1, 0.15) is 32.5 Å². The molecular weight excluding hydrogens is 696 g/mol. The molecular formula is C36H26ClN6O5S2+. The van der Waals surface area contributed by atoms with Crippen molar-refractivity contribution in [3.63, 3.8) is 0 Å². The van der Waals surface area contributed by atoms with E-state index in [0.29, 0.717) is 52.2 Å². The van der Waals surface area contributed by atoms with Crippen LogP contribution in [-0.2, 0) is 13.1 Å². The summed E-state index contributed by atoms with van der Waals surface area (Å²) in [4.78, 5) is 40.0. The Bertz CT molecular complexity index is 2400. The van der Waals surface area contributed by atoms with Gasteiger partial charge in [0, 0.05) is 31.6 Å². The summed E-state index contributed by atoms with van der Waals surface area (Å²) >= 11 is 9.32. The average Bonchev–Trinajstić information content (AvgIpc) is 3.98. The molecule has 8 aromatic heterocycles. The maximum Gasteiger partial charge on any atom is 0.270 e. The van der Waals surface area contributed by atoms with Crippen molar-refractivity contribution in [1.82, 2.24) is 25.6 Å². The predicted molar refractivity (Wildman–Crippen MR) is 190 cm³/mol. The number of pyridine rings is 4. The van der Waals surface area contributed by atoms with Gasteiger partial charge in [-0.2, -0.15) is 0 Å². The van der Waals surface area contributed by atoms with E-state index in [0.717, 1.165) is 36.4 Å². The number of amides is 2. The van der Waals surface area contributed by atoms with E-state index in [4.69, 9.17) is 20.4 Å². The van der Waals surface area contributed by atoms with Crippen LogP contribution in [0.15, 0.2) is 124 Å². The summed E-state index contributed by atoms with van der Waals surface area (Å²) in [5, 5.41) is 21.2. The van der Waals surface area contributed by atoms with Crippen LogP contribution in [0.4, 0.5) is 0 Å². The predicted octanol–water partition coefficient (Wildman–Crippen LogP) is 7.55. The normalized spacial score (nSPS) is 10.9. The number of carbonyl (C=O) groups is 2. The largest absolute Gasteiger partial charge is 0.467 e. The van der Waals surface area contributed by atoms with E-state index in [2.05, 4.69) is 25.6 Å². The molecule has 0 saturated heterocycles. The van der Waals surface area contributed by atoms with Gasteiger partial charge in [0.2, 0.25) is 12.4 Å². The smallest absolute Gasteiger partial charge is 0.270 e. The fourth-order valence-electron chi connectivity index (χ4n) is 5.07. The third kappa shape index (κ3) is 7.25. The van der Waals surface area contributed by atoms with Crippen LogP contribution < -0.4 is 15.4 Å². The molecule has 0 saturated carbocycles. The molecule has 0 aliphatic heterocycles. The van der Waals surface area contributed by atoms with Gasteiger partial charge in [0.15, 0.2) is 0 Å². The molecule has 0 unspecified atom stereocenters. The third-order valence-electron chi connectivity index (χ3n) is 7.44.